The summed E-state index contributed by atoms with van der Waals surface area (Å²) in [6.07, 6.45) is 6.23. The van der Waals surface area contributed by atoms with Gasteiger partial charge < -0.3 is 5.73 Å². The lowest BCUT2D eigenvalue weighted by molar-refractivity contribution is 0.482. The van der Waals surface area contributed by atoms with Gasteiger partial charge in [-0.15, -0.1) is 0 Å². The Bertz CT molecular complexity index is 297. The second-order valence-electron chi connectivity index (χ2n) is 4.50. The highest BCUT2D eigenvalue weighted by Crippen LogP contribution is 2.42. The molecule has 72 valence electrons. The van der Waals surface area contributed by atoms with E-state index >= 15 is 0 Å². The molecule has 0 bridgehead atoms. The normalized spacial score (nSPS) is 19.4. The van der Waals surface area contributed by atoms with Crippen LogP contribution in [0.15, 0.2) is 12.4 Å². The Balaban J connectivity index is 2.09. The molecule has 0 unspecified atom stereocenters. The number of rotatable bonds is 3. The molecule has 0 radical (unpaired) electrons. The van der Waals surface area contributed by atoms with Crippen LogP contribution in [0.25, 0.3) is 0 Å². The Hall–Kier alpha value is -0.830. The molecule has 1 aliphatic rings. The minimum Gasteiger partial charge on any atom is -0.321 e. The highest BCUT2D eigenvalue weighted by atomic mass is 15.3. The van der Waals surface area contributed by atoms with E-state index in [2.05, 4.69) is 25.1 Å². The quantitative estimate of drug-likeness (QED) is 0.764. The molecule has 1 aromatic heterocycles. The van der Waals surface area contributed by atoms with E-state index in [0.29, 0.717) is 5.92 Å². The van der Waals surface area contributed by atoms with Gasteiger partial charge in [-0.25, -0.2) is 0 Å². The summed E-state index contributed by atoms with van der Waals surface area (Å²) < 4.78 is 1.99. The molecular formula is C10H17N3. The smallest absolute Gasteiger partial charge is 0.0540 e. The molecule has 13 heavy (non-hydrogen) atoms. The van der Waals surface area contributed by atoms with Crippen LogP contribution in [-0.2, 0) is 12.1 Å². The molecule has 3 heteroatoms. The van der Waals surface area contributed by atoms with Crippen molar-refractivity contribution in [3.05, 3.63) is 18.0 Å². The van der Waals surface area contributed by atoms with Crippen LogP contribution in [0, 0.1) is 5.92 Å². The molecule has 0 aromatic carbocycles. The second-order valence-corrected chi connectivity index (χ2v) is 4.50. The fraction of sp³-hybridized carbons (Fsp3) is 0.700. The molecule has 3 nitrogen and oxygen atoms in total. The number of hydrogen-bond donors (Lipinski definition) is 1. The summed E-state index contributed by atoms with van der Waals surface area (Å²) >= 11 is 0. The van der Waals surface area contributed by atoms with E-state index in [1.807, 2.05) is 10.9 Å². The Morgan fingerprint density at radius 3 is 2.85 bits per heavy atom. The summed E-state index contributed by atoms with van der Waals surface area (Å²) in [7, 11) is 0. The molecule has 1 fully saturated rings. The average molecular weight is 179 g/mol. The van der Waals surface area contributed by atoms with Crippen LogP contribution in [-0.4, -0.2) is 9.78 Å². The molecule has 0 spiro atoms. The largest absolute Gasteiger partial charge is 0.321 e. The van der Waals surface area contributed by atoms with Gasteiger partial charge in [0.05, 0.1) is 6.20 Å². The van der Waals surface area contributed by atoms with E-state index < -0.39 is 0 Å². The molecular weight excluding hydrogens is 162 g/mol. The van der Waals surface area contributed by atoms with E-state index in [4.69, 9.17) is 5.73 Å². The van der Waals surface area contributed by atoms with Crippen molar-refractivity contribution in [3.63, 3.8) is 0 Å². The monoisotopic (exact) mass is 179 g/mol. The van der Waals surface area contributed by atoms with E-state index in [1.54, 1.807) is 0 Å². The minimum absolute atomic E-state index is 0.0325. The first-order chi connectivity index (χ1) is 6.10. The van der Waals surface area contributed by atoms with Gasteiger partial charge in [-0.3, -0.25) is 4.68 Å². The van der Waals surface area contributed by atoms with Crippen molar-refractivity contribution >= 4 is 0 Å². The molecule has 0 aliphatic heterocycles. The van der Waals surface area contributed by atoms with Crippen LogP contribution in [0.1, 0.15) is 32.3 Å². The summed E-state index contributed by atoms with van der Waals surface area (Å²) in [6.45, 7) is 5.36. The third-order valence-corrected chi connectivity index (χ3v) is 2.55. The highest BCUT2D eigenvalue weighted by Gasteiger charge is 2.40. The standard InChI is InChI=1S/C10H17N3/c1-8(2)6-13-7-9(5-12-13)10(11)3-4-10/h5,7-8H,3-4,6,11H2,1-2H3. The summed E-state index contributed by atoms with van der Waals surface area (Å²) in [5.41, 5.74) is 7.23. The third-order valence-electron chi connectivity index (χ3n) is 2.55. The summed E-state index contributed by atoms with van der Waals surface area (Å²) in [4.78, 5) is 0. The lowest BCUT2D eigenvalue weighted by Gasteiger charge is -2.05. The van der Waals surface area contributed by atoms with Crippen LogP contribution in [0.2, 0.25) is 0 Å². The summed E-state index contributed by atoms with van der Waals surface area (Å²) in [5.74, 6) is 0.640. The van der Waals surface area contributed by atoms with Crippen molar-refractivity contribution in [1.29, 1.82) is 0 Å². The molecule has 1 aliphatic carbocycles. The SMILES string of the molecule is CC(C)Cn1cc(C2(N)CC2)cn1. The van der Waals surface area contributed by atoms with Crippen molar-refractivity contribution in [2.45, 2.75) is 38.8 Å². The van der Waals surface area contributed by atoms with Gasteiger partial charge in [-0.1, -0.05) is 13.8 Å². The van der Waals surface area contributed by atoms with E-state index in [9.17, 15) is 0 Å². The first-order valence-corrected chi connectivity index (χ1v) is 4.92. The maximum Gasteiger partial charge on any atom is 0.0540 e. The number of nitrogens with two attached hydrogens (primary N) is 1. The molecule has 0 amide bonds. The fourth-order valence-electron chi connectivity index (χ4n) is 1.52. The maximum atomic E-state index is 6.06. The van der Waals surface area contributed by atoms with Gasteiger partial charge >= 0.3 is 0 Å². The molecule has 0 atom stereocenters. The number of nitrogens with zero attached hydrogens (tertiary/aromatic N) is 2. The van der Waals surface area contributed by atoms with Gasteiger partial charge in [-0.05, 0) is 18.8 Å². The highest BCUT2D eigenvalue weighted by molar-refractivity contribution is 5.24. The van der Waals surface area contributed by atoms with Gasteiger partial charge in [0.15, 0.2) is 0 Å². The van der Waals surface area contributed by atoms with Crippen molar-refractivity contribution in [2.75, 3.05) is 0 Å². The molecule has 2 rings (SSSR count). The zero-order valence-corrected chi connectivity index (χ0v) is 8.33. The van der Waals surface area contributed by atoms with Gasteiger partial charge in [0.25, 0.3) is 0 Å². The third kappa shape index (κ3) is 1.75. The van der Waals surface area contributed by atoms with Crippen LogP contribution in [0.5, 0.6) is 0 Å². The Labute approximate surface area is 78.9 Å². The Morgan fingerprint density at radius 2 is 2.31 bits per heavy atom. The van der Waals surface area contributed by atoms with E-state index in [0.717, 1.165) is 19.4 Å². The maximum absolute atomic E-state index is 6.06. The van der Waals surface area contributed by atoms with Crippen LogP contribution < -0.4 is 5.73 Å². The van der Waals surface area contributed by atoms with Crippen LogP contribution in [0.4, 0.5) is 0 Å². The van der Waals surface area contributed by atoms with Gasteiger partial charge in [0, 0.05) is 23.8 Å². The van der Waals surface area contributed by atoms with E-state index in [1.165, 1.54) is 5.56 Å². The lowest BCUT2D eigenvalue weighted by Crippen LogP contribution is -2.17. The predicted molar refractivity (Wildman–Crippen MR) is 52.2 cm³/mol. The minimum atomic E-state index is -0.0325. The second kappa shape index (κ2) is 2.84. The number of aromatic nitrogens is 2. The number of hydrogen-bond acceptors (Lipinski definition) is 2. The molecule has 2 N–H and O–H groups in total. The molecule has 1 heterocycles. The van der Waals surface area contributed by atoms with Gasteiger partial charge in [0.2, 0.25) is 0 Å². The topological polar surface area (TPSA) is 43.8 Å². The van der Waals surface area contributed by atoms with Crippen LogP contribution in [0.3, 0.4) is 0 Å². The first kappa shape index (κ1) is 8.75. The van der Waals surface area contributed by atoms with Gasteiger partial charge in [-0.2, -0.15) is 5.10 Å². The zero-order valence-electron chi connectivity index (χ0n) is 8.33. The van der Waals surface area contributed by atoms with Crippen molar-refractivity contribution in [1.82, 2.24) is 9.78 Å². The predicted octanol–water partition coefficient (Wildman–Crippen LogP) is 1.49. The van der Waals surface area contributed by atoms with E-state index in [-0.39, 0.29) is 5.54 Å². The van der Waals surface area contributed by atoms with Gasteiger partial charge in [0.1, 0.15) is 0 Å². The fourth-order valence-corrected chi connectivity index (χ4v) is 1.52. The summed E-state index contributed by atoms with van der Waals surface area (Å²) in [5, 5.41) is 4.30. The Kier molecular flexibility index (Phi) is 1.91. The summed E-state index contributed by atoms with van der Waals surface area (Å²) in [6, 6.07) is 0. The zero-order chi connectivity index (χ0) is 9.47. The molecule has 1 aromatic rings. The Morgan fingerprint density at radius 1 is 1.62 bits per heavy atom. The molecule has 0 saturated heterocycles. The van der Waals surface area contributed by atoms with Crippen LogP contribution >= 0.6 is 0 Å². The first-order valence-electron chi connectivity index (χ1n) is 4.92. The van der Waals surface area contributed by atoms with Crippen molar-refractivity contribution in [3.8, 4) is 0 Å². The lowest BCUT2D eigenvalue weighted by atomic mass is 10.1. The molecule has 1 saturated carbocycles. The van der Waals surface area contributed by atoms with Crippen molar-refractivity contribution < 1.29 is 0 Å². The average Bonchev–Trinajstić information content (AvgIpc) is 2.62. The van der Waals surface area contributed by atoms with Crippen molar-refractivity contribution in [2.24, 2.45) is 11.7 Å².